The Balaban J connectivity index is 1.59. The second-order valence-corrected chi connectivity index (χ2v) is 10.6. The second kappa shape index (κ2) is 10.1. The van der Waals surface area contributed by atoms with E-state index in [2.05, 4.69) is 12.2 Å². The SMILES string of the molecule is C[C@@H](CNC(=O)[C@@H]1CCCN(S(=O)(=O)Cc2ccc(Cl)cc2Cl)C1)c1ccccc1. The molecule has 1 fully saturated rings. The molecular weight excluding hydrogens is 443 g/mol. The summed E-state index contributed by atoms with van der Waals surface area (Å²) in [4.78, 5) is 12.7. The van der Waals surface area contributed by atoms with E-state index in [0.717, 1.165) is 5.56 Å². The molecule has 2 aromatic rings. The summed E-state index contributed by atoms with van der Waals surface area (Å²) in [5.74, 6) is -0.465. The van der Waals surface area contributed by atoms with Crippen LogP contribution in [-0.2, 0) is 20.6 Å². The van der Waals surface area contributed by atoms with Gasteiger partial charge in [0.1, 0.15) is 0 Å². The van der Waals surface area contributed by atoms with E-state index in [4.69, 9.17) is 23.2 Å². The molecule has 0 radical (unpaired) electrons. The summed E-state index contributed by atoms with van der Waals surface area (Å²) in [5, 5.41) is 3.78. The largest absolute Gasteiger partial charge is 0.355 e. The summed E-state index contributed by atoms with van der Waals surface area (Å²) in [5.41, 5.74) is 1.66. The van der Waals surface area contributed by atoms with Crippen LogP contribution in [0.2, 0.25) is 10.0 Å². The number of nitrogens with zero attached hydrogens (tertiary/aromatic N) is 1. The van der Waals surface area contributed by atoms with Crippen LogP contribution in [0.4, 0.5) is 0 Å². The molecule has 1 heterocycles. The van der Waals surface area contributed by atoms with E-state index in [0.29, 0.717) is 41.5 Å². The number of amides is 1. The van der Waals surface area contributed by atoms with Crippen molar-refractivity contribution in [3.63, 3.8) is 0 Å². The lowest BCUT2D eigenvalue weighted by atomic mass is 9.97. The molecule has 0 bridgehead atoms. The zero-order chi connectivity index (χ0) is 21.7. The predicted molar refractivity (Wildman–Crippen MR) is 121 cm³/mol. The highest BCUT2D eigenvalue weighted by molar-refractivity contribution is 7.88. The third-order valence-electron chi connectivity index (χ3n) is 5.45. The molecule has 3 rings (SSSR count). The smallest absolute Gasteiger partial charge is 0.224 e. The summed E-state index contributed by atoms with van der Waals surface area (Å²) in [6.45, 7) is 3.19. The molecule has 2 atom stereocenters. The summed E-state index contributed by atoms with van der Waals surface area (Å²) in [6, 6.07) is 14.8. The van der Waals surface area contributed by atoms with Gasteiger partial charge in [0.25, 0.3) is 0 Å². The van der Waals surface area contributed by atoms with Gasteiger partial charge in [-0.1, -0.05) is 66.5 Å². The standard InChI is InChI=1S/C22H26Cl2N2O3S/c1-16(17-6-3-2-4-7-17)13-25-22(27)18-8-5-11-26(14-18)30(28,29)15-19-9-10-20(23)12-21(19)24/h2-4,6-7,9-10,12,16,18H,5,8,11,13-15H2,1H3,(H,25,27)/t16-,18+/m0/s1. The molecule has 1 N–H and O–H groups in total. The number of carbonyl (C=O) groups excluding carboxylic acids is 1. The van der Waals surface area contributed by atoms with Gasteiger partial charge >= 0.3 is 0 Å². The molecule has 0 aromatic heterocycles. The molecule has 1 amide bonds. The minimum atomic E-state index is -3.59. The Kier molecular flexibility index (Phi) is 7.80. The molecule has 1 saturated heterocycles. The highest BCUT2D eigenvalue weighted by atomic mass is 35.5. The first kappa shape index (κ1) is 23.1. The summed E-state index contributed by atoms with van der Waals surface area (Å²) in [6.07, 6.45) is 1.33. The van der Waals surface area contributed by atoms with E-state index in [1.54, 1.807) is 12.1 Å². The van der Waals surface area contributed by atoms with Gasteiger partial charge < -0.3 is 5.32 Å². The Morgan fingerprint density at radius 2 is 1.93 bits per heavy atom. The minimum Gasteiger partial charge on any atom is -0.355 e. The molecule has 5 nitrogen and oxygen atoms in total. The number of carbonyl (C=O) groups is 1. The lowest BCUT2D eigenvalue weighted by Crippen LogP contribution is -2.46. The van der Waals surface area contributed by atoms with Gasteiger partial charge in [-0.2, -0.15) is 0 Å². The second-order valence-electron chi connectivity index (χ2n) is 7.75. The highest BCUT2D eigenvalue weighted by Crippen LogP contribution is 2.26. The monoisotopic (exact) mass is 468 g/mol. The van der Waals surface area contributed by atoms with Crippen molar-refractivity contribution < 1.29 is 13.2 Å². The number of sulfonamides is 1. The van der Waals surface area contributed by atoms with Gasteiger partial charge in [0, 0.05) is 29.7 Å². The Bertz CT molecular complexity index is 983. The fourth-order valence-electron chi connectivity index (χ4n) is 3.63. The van der Waals surface area contributed by atoms with Crippen LogP contribution in [0.3, 0.4) is 0 Å². The Morgan fingerprint density at radius 3 is 2.63 bits per heavy atom. The zero-order valence-corrected chi connectivity index (χ0v) is 19.2. The first-order valence-corrected chi connectivity index (χ1v) is 12.4. The Hall–Kier alpha value is -1.60. The average Bonchev–Trinajstić information content (AvgIpc) is 2.74. The van der Waals surface area contributed by atoms with E-state index in [9.17, 15) is 13.2 Å². The molecule has 0 spiro atoms. The summed E-state index contributed by atoms with van der Waals surface area (Å²) in [7, 11) is -3.59. The van der Waals surface area contributed by atoms with Crippen molar-refractivity contribution in [2.75, 3.05) is 19.6 Å². The van der Waals surface area contributed by atoms with Gasteiger partial charge in [-0.3, -0.25) is 4.79 Å². The van der Waals surface area contributed by atoms with Gasteiger partial charge in [-0.15, -0.1) is 0 Å². The van der Waals surface area contributed by atoms with Gasteiger partial charge in [0.2, 0.25) is 15.9 Å². The number of halogens is 2. The minimum absolute atomic E-state index is 0.0952. The normalized spacial score (nSPS) is 18.7. The average molecular weight is 469 g/mol. The summed E-state index contributed by atoms with van der Waals surface area (Å²) < 4.78 is 27.2. The molecule has 8 heteroatoms. The van der Waals surface area contributed by atoms with Crippen LogP contribution in [-0.4, -0.2) is 38.3 Å². The van der Waals surface area contributed by atoms with Crippen molar-refractivity contribution >= 4 is 39.1 Å². The van der Waals surface area contributed by atoms with E-state index in [1.165, 1.54) is 10.4 Å². The van der Waals surface area contributed by atoms with Crippen molar-refractivity contribution in [1.29, 1.82) is 0 Å². The van der Waals surface area contributed by atoms with Crippen LogP contribution in [0.25, 0.3) is 0 Å². The molecular formula is C22H26Cl2N2O3S. The van der Waals surface area contributed by atoms with Crippen LogP contribution in [0, 0.1) is 5.92 Å². The van der Waals surface area contributed by atoms with Crippen molar-refractivity contribution in [3.05, 3.63) is 69.7 Å². The highest BCUT2D eigenvalue weighted by Gasteiger charge is 2.32. The van der Waals surface area contributed by atoms with Gasteiger partial charge in [-0.25, -0.2) is 12.7 Å². The third kappa shape index (κ3) is 5.97. The van der Waals surface area contributed by atoms with Crippen LogP contribution < -0.4 is 5.32 Å². The number of piperidine rings is 1. The maximum Gasteiger partial charge on any atom is 0.224 e. The number of nitrogens with one attached hydrogen (secondary N) is 1. The topological polar surface area (TPSA) is 66.5 Å². The maximum atomic E-state index is 12.9. The molecule has 1 aliphatic heterocycles. The van der Waals surface area contributed by atoms with Crippen LogP contribution in [0.1, 0.15) is 36.8 Å². The predicted octanol–water partition coefficient (Wildman–Crippen LogP) is 4.46. The third-order valence-corrected chi connectivity index (χ3v) is 7.83. The van der Waals surface area contributed by atoms with Gasteiger partial charge in [-0.05, 0) is 42.0 Å². The van der Waals surface area contributed by atoms with E-state index < -0.39 is 10.0 Å². The van der Waals surface area contributed by atoms with Crippen molar-refractivity contribution in [1.82, 2.24) is 9.62 Å². The van der Waals surface area contributed by atoms with Crippen LogP contribution in [0.15, 0.2) is 48.5 Å². The number of hydrogen-bond donors (Lipinski definition) is 1. The van der Waals surface area contributed by atoms with E-state index >= 15 is 0 Å². The number of hydrogen-bond acceptors (Lipinski definition) is 3. The Labute approximate surface area is 188 Å². The van der Waals surface area contributed by atoms with Crippen molar-refractivity contribution in [2.24, 2.45) is 5.92 Å². The maximum absolute atomic E-state index is 12.9. The quantitative estimate of drug-likeness (QED) is 0.652. The Morgan fingerprint density at radius 1 is 1.20 bits per heavy atom. The van der Waals surface area contributed by atoms with Gasteiger partial charge in [0.15, 0.2) is 0 Å². The number of benzene rings is 2. The van der Waals surface area contributed by atoms with E-state index in [1.807, 2.05) is 30.3 Å². The number of rotatable bonds is 7. The lowest BCUT2D eigenvalue weighted by Gasteiger charge is -2.31. The fraction of sp³-hybridized carbons (Fsp3) is 0.409. The molecule has 1 aliphatic rings. The van der Waals surface area contributed by atoms with Crippen molar-refractivity contribution in [3.8, 4) is 0 Å². The molecule has 30 heavy (non-hydrogen) atoms. The first-order chi connectivity index (χ1) is 14.3. The molecule has 162 valence electrons. The molecule has 2 aromatic carbocycles. The summed E-state index contributed by atoms with van der Waals surface area (Å²) >= 11 is 12.0. The molecule has 0 saturated carbocycles. The lowest BCUT2D eigenvalue weighted by molar-refractivity contribution is -0.126. The fourth-order valence-corrected chi connectivity index (χ4v) is 5.83. The van der Waals surface area contributed by atoms with Gasteiger partial charge in [0.05, 0.1) is 11.7 Å². The first-order valence-electron chi connectivity index (χ1n) is 10.0. The zero-order valence-electron chi connectivity index (χ0n) is 16.9. The van der Waals surface area contributed by atoms with Crippen molar-refractivity contribution in [2.45, 2.75) is 31.4 Å². The van der Waals surface area contributed by atoms with Crippen LogP contribution >= 0.6 is 23.2 Å². The molecule has 0 aliphatic carbocycles. The molecule has 0 unspecified atom stereocenters. The van der Waals surface area contributed by atoms with Crippen LogP contribution in [0.5, 0.6) is 0 Å². The van der Waals surface area contributed by atoms with E-state index in [-0.39, 0.29) is 30.0 Å².